The van der Waals surface area contributed by atoms with Gasteiger partial charge in [-0.25, -0.2) is 0 Å². The lowest BCUT2D eigenvalue weighted by molar-refractivity contribution is -0.122. The zero-order valence-corrected chi connectivity index (χ0v) is 21.9. The average Bonchev–Trinajstić information content (AvgIpc) is 3.35. The highest BCUT2D eigenvalue weighted by molar-refractivity contribution is 6.04. The predicted molar refractivity (Wildman–Crippen MR) is 155 cm³/mol. The highest BCUT2D eigenvalue weighted by Crippen LogP contribution is 2.33. The maximum atomic E-state index is 13.1. The molecule has 38 heavy (non-hydrogen) atoms. The first kappa shape index (κ1) is 25.3. The van der Waals surface area contributed by atoms with Crippen LogP contribution in [0, 0.1) is 5.92 Å². The third kappa shape index (κ3) is 5.62. The summed E-state index contributed by atoms with van der Waals surface area (Å²) in [5, 5.41) is 3.03. The van der Waals surface area contributed by atoms with Crippen LogP contribution in [0.15, 0.2) is 109 Å². The molecule has 5 heteroatoms. The van der Waals surface area contributed by atoms with Gasteiger partial charge in [-0.15, -0.1) is 0 Å². The minimum atomic E-state index is -0.388. The molecule has 4 aromatic carbocycles. The fourth-order valence-electron chi connectivity index (χ4n) is 5.01. The Bertz CT molecular complexity index is 1380. The summed E-state index contributed by atoms with van der Waals surface area (Å²) in [4.78, 5) is 30.0. The Labute approximate surface area is 224 Å². The molecule has 192 valence electrons. The third-order valence-electron chi connectivity index (χ3n) is 7.04. The molecule has 0 aromatic heterocycles. The van der Waals surface area contributed by atoms with Gasteiger partial charge in [0.25, 0.3) is 0 Å². The van der Waals surface area contributed by atoms with Crippen LogP contribution < -0.4 is 15.1 Å². The van der Waals surface area contributed by atoms with Crippen LogP contribution in [0.2, 0.25) is 0 Å². The van der Waals surface area contributed by atoms with Gasteiger partial charge in [-0.1, -0.05) is 80.6 Å². The van der Waals surface area contributed by atoms with Gasteiger partial charge >= 0.3 is 0 Å². The summed E-state index contributed by atoms with van der Waals surface area (Å²) in [6.45, 7) is 5.36. The minimum absolute atomic E-state index is 0.00647. The summed E-state index contributed by atoms with van der Waals surface area (Å²) in [6.07, 6.45) is 0.217. The first-order valence-corrected chi connectivity index (χ1v) is 13.2. The van der Waals surface area contributed by atoms with E-state index in [1.165, 1.54) is 5.56 Å². The number of carbonyl (C=O) groups is 2. The van der Waals surface area contributed by atoms with Crippen LogP contribution in [0.3, 0.4) is 0 Å². The third-order valence-corrected chi connectivity index (χ3v) is 7.04. The largest absolute Gasteiger partial charge is 0.337 e. The lowest BCUT2D eigenvalue weighted by Crippen LogP contribution is -2.29. The second-order valence-corrected chi connectivity index (χ2v) is 10.1. The normalized spacial score (nSPS) is 15.1. The fourth-order valence-corrected chi connectivity index (χ4v) is 5.01. The molecule has 1 aliphatic heterocycles. The SMILES string of the molecule is CC(C)c1ccccc1N1CC(C(=O)Nc2ccc(N(Cc3ccccc3)c3ccccc3)cc2)CC1=O. The minimum Gasteiger partial charge on any atom is -0.337 e. The molecule has 1 atom stereocenters. The van der Waals surface area contributed by atoms with Crippen molar-refractivity contribution in [2.45, 2.75) is 32.7 Å². The van der Waals surface area contributed by atoms with E-state index in [9.17, 15) is 9.59 Å². The van der Waals surface area contributed by atoms with Crippen molar-refractivity contribution in [1.82, 2.24) is 0 Å². The number of amides is 2. The van der Waals surface area contributed by atoms with Gasteiger partial charge in [0.15, 0.2) is 0 Å². The molecule has 1 saturated heterocycles. The number of nitrogens with one attached hydrogen (secondary N) is 1. The Morgan fingerprint density at radius 1 is 0.842 bits per heavy atom. The molecule has 1 aliphatic rings. The van der Waals surface area contributed by atoms with E-state index in [1.54, 1.807) is 4.90 Å². The summed E-state index contributed by atoms with van der Waals surface area (Å²) < 4.78 is 0. The molecule has 0 spiro atoms. The molecule has 1 fully saturated rings. The molecule has 1 N–H and O–H groups in total. The number of carbonyl (C=O) groups excluding carboxylic acids is 2. The molecular weight excluding hydrogens is 470 g/mol. The van der Waals surface area contributed by atoms with Gasteiger partial charge in [-0.05, 0) is 59.5 Å². The number of hydrogen-bond donors (Lipinski definition) is 1. The van der Waals surface area contributed by atoms with Crippen molar-refractivity contribution >= 4 is 34.6 Å². The molecule has 1 unspecified atom stereocenters. The molecule has 4 aromatic rings. The summed E-state index contributed by atoms with van der Waals surface area (Å²) >= 11 is 0. The Kier molecular flexibility index (Phi) is 7.55. The Morgan fingerprint density at radius 2 is 1.45 bits per heavy atom. The van der Waals surface area contributed by atoms with E-state index in [1.807, 2.05) is 78.9 Å². The van der Waals surface area contributed by atoms with Gasteiger partial charge in [0.2, 0.25) is 11.8 Å². The van der Waals surface area contributed by atoms with Crippen molar-refractivity contribution in [2.24, 2.45) is 5.92 Å². The van der Waals surface area contributed by atoms with Crippen LogP contribution >= 0.6 is 0 Å². The van der Waals surface area contributed by atoms with Crippen molar-refractivity contribution in [3.05, 3.63) is 120 Å². The number of nitrogens with zero attached hydrogens (tertiary/aromatic N) is 2. The maximum Gasteiger partial charge on any atom is 0.229 e. The van der Waals surface area contributed by atoms with E-state index in [0.29, 0.717) is 12.5 Å². The van der Waals surface area contributed by atoms with E-state index < -0.39 is 0 Å². The van der Waals surface area contributed by atoms with Gasteiger partial charge < -0.3 is 15.1 Å². The average molecular weight is 504 g/mol. The van der Waals surface area contributed by atoms with Crippen molar-refractivity contribution in [1.29, 1.82) is 0 Å². The van der Waals surface area contributed by atoms with Crippen molar-refractivity contribution in [3.8, 4) is 0 Å². The second-order valence-electron chi connectivity index (χ2n) is 10.1. The molecular formula is C33H33N3O2. The first-order valence-electron chi connectivity index (χ1n) is 13.2. The van der Waals surface area contributed by atoms with Gasteiger partial charge in [0.05, 0.1) is 5.92 Å². The number of rotatable bonds is 8. The molecule has 5 rings (SSSR count). The Balaban J connectivity index is 1.29. The highest BCUT2D eigenvalue weighted by atomic mass is 16.2. The number of anilines is 4. The fraction of sp³-hybridized carbons (Fsp3) is 0.212. The standard InChI is InChI=1S/C33H33N3O2/c1-24(2)30-15-9-10-16-31(30)36-23-26(21-32(36)37)33(38)34-27-17-19-29(20-18-27)35(28-13-7-4-8-14-28)22-25-11-5-3-6-12-25/h3-20,24,26H,21-23H2,1-2H3,(H,34,38). The summed E-state index contributed by atoms with van der Waals surface area (Å²) in [5.74, 6) is -0.225. The molecule has 0 radical (unpaired) electrons. The Hall–Kier alpha value is -4.38. The topological polar surface area (TPSA) is 52.7 Å². The summed E-state index contributed by atoms with van der Waals surface area (Å²) in [7, 11) is 0. The van der Waals surface area contributed by atoms with Crippen LogP contribution in [-0.2, 0) is 16.1 Å². The number of benzene rings is 4. The second kappa shape index (κ2) is 11.3. The number of para-hydroxylation sites is 2. The Morgan fingerprint density at radius 3 is 2.13 bits per heavy atom. The lowest BCUT2D eigenvalue weighted by atomic mass is 10.0. The van der Waals surface area contributed by atoms with Crippen molar-refractivity contribution in [2.75, 3.05) is 21.7 Å². The quantitative estimate of drug-likeness (QED) is 0.278. The van der Waals surface area contributed by atoms with Crippen LogP contribution in [0.5, 0.6) is 0 Å². The smallest absolute Gasteiger partial charge is 0.229 e. The van der Waals surface area contributed by atoms with E-state index in [2.05, 4.69) is 54.4 Å². The van der Waals surface area contributed by atoms with Crippen molar-refractivity contribution < 1.29 is 9.59 Å². The van der Waals surface area contributed by atoms with Gasteiger partial charge in [-0.2, -0.15) is 0 Å². The van der Waals surface area contributed by atoms with Crippen LogP contribution in [0.25, 0.3) is 0 Å². The van der Waals surface area contributed by atoms with Crippen LogP contribution in [0.4, 0.5) is 22.7 Å². The lowest BCUT2D eigenvalue weighted by Gasteiger charge is -2.25. The highest BCUT2D eigenvalue weighted by Gasteiger charge is 2.36. The monoisotopic (exact) mass is 503 g/mol. The van der Waals surface area contributed by atoms with E-state index in [0.717, 1.165) is 34.9 Å². The molecule has 5 nitrogen and oxygen atoms in total. The molecule has 0 bridgehead atoms. The zero-order chi connectivity index (χ0) is 26.5. The van der Waals surface area contributed by atoms with Gasteiger partial charge in [-0.3, -0.25) is 9.59 Å². The van der Waals surface area contributed by atoms with Crippen molar-refractivity contribution in [3.63, 3.8) is 0 Å². The maximum absolute atomic E-state index is 13.1. The van der Waals surface area contributed by atoms with Gasteiger partial charge in [0, 0.05) is 42.3 Å². The summed E-state index contributed by atoms with van der Waals surface area (Å²) in [5.41, 5.74) is 6.09. The zero-order valence-electron chi connectivity index (χ0n) is 21.9. The van der Waals surface area contributed by atoms with Gasteiger partial charge in [0.1, 0.15) is 0 Å². The molecule has 2 amide bonds. The van der Waals surface area contributed by atoms with Crippen LogP contribution in [-0.4, -0.2) is 18.4 Å². The predicted octanol–water partition coefficient (Wildman–Crippen LogP) is 7.14. The number of hydrogen-bond acceptors (Lipinski definition) is 3. The molecule has 0 aliphatic carbocycles. The van der Waals surface area contributed by atoms with Crippen LogP contribution in [0.1, 0.15) is 37.3 Å². The summed E-state index contributed by atoms with van der Waals surface area (Å²) in [6, 6.07) is 36.5. The molecule has 0 saturated carbocycles. The van der Waals surface area contributed by atoms with E-state index >= 15 is 0 Å². The first-order chi connectivity index (χ1) is 18.5. The molecule has 1 heterocycles. The van der Waals surface area contributed by atoms with E-state index in [-0.39, 0.29) is 24.2 Å². The van der Waals surface area contributed by atoms with E-state index in [4.69, 9.17) is 0 Å².